The summed E-state index contributed by atoms with van der Waals surface area (Å²) in [5.41, 5.74) is 2.22. The van der Waals surface area contributed by atoms with E-state index in [4.69, 9.17) is 11.6 Å². The largest absolute Gasteiger partial charge is 0.305 e. The Bertz CT molecular complexity index is 739. The van der Waals surface area contributed by atoms with Crippen LogP contribution in [0.15, 0.2) is 48.7 Å². The van der Waals surface area contributed by atoms with Gasteiger partial charge in [0.15, 0.2) is 0 Å². The molecule has 1 aromatic heterocycles. The van der Waals surface area contributed by atoms with Crippen LogP contribution in [0.5, 0.6) is 0 Å². The third-order valence-electron chi connectivity index (χ3n) is 3.75. The number of hydrogen-bond donors (Lipinski definition) is 1. The average molecular weight is 300 g/mol. The SMILES string of the molecule is CCNC(c1cccc2ccccc12)c1c(Cl)cnn1C. The van der Waals surface area contributed by atoms with Gasteiger partial charge in [0.25, 0.3) is 0 Å². The van der Waals surface area contributed by atoms with Crippen molar-refractivity contribution < 1.29 is 0 Å². The smallest absolute Gasteiger partial charge is 0.0837 e. The minimum absolute atomic E-state index is 0.0288. The first-order valence-corrected chi connectivity index (χ1v) is 7.48. The molecule has 1 N–H and O–H groups in total. The Balaban J connectivity index is 2.21. The molecule has 0 aliphatic heterocycles. The highest BCUT2D eigenvalue weighted by molar-refractivity contribution is 6.31. The van der Waals surface area contributed by atoms with E-state index in [2.05, 4.69) is 59.8 Å². The van der Waals surface area contributed by atoms with Gasteiger partial charge >= 0.3 is 0 Å². The van der Waals surface area contributed by atoms with Gasteiger partial charge in [0, 0.05) is 7.05 Å². The summed E-state index contributed by atoms with van der Waals surface area (Å²) in [6.07, 6.45) is 1.70. The van der Waals surface area contributed by atoms with Crippen LogP contribution in [0.25, 0.3) is 10.8 Å². The zero-order valence-corrected chi connectivity index (χ0v) is 12.9. The Hall–Kier alpha value is -1.84. The van der Waals surface area contributed by atoms with Crippen molar-refractivity contribution in [3.63, 3.8) is 0 Å². The fourth-order valence-electron chi connectivity index (χ4n) is 2.81. The van der Waals surface area contributed by atoms with Crippen molar-refractivity contribution in [2.75, 3.05) is 6.54 Å². The molecule has 0 radical (unpaired) electrons. The molecule has 3 aromatic rings. The zero-order chi connectivity index (χ0) is 14.8. The molecule has 108 valence electrons. The van der Waals surface area contributed by atoms with E-state index in [1.165, 1.54) is 16.3 Å². The molecule has 4 heteroatoms. The van der Waals surface area contributed by atoms with Crippen LogP contribution in [0.3, 0.4) is 0 Å². The van der Waals surface area contributed by atoms with Crippen molar-refractivity contribution >= 4 is 22.4 Å². The lowest BCUT2D eigenvalue weighted by atomic mass is 9.96. The Morgan fingerprint density at radius 1 is 1.19 bits per heavy atom. The number of halogens is 1. The van der Waals surface area contributed by atoms with Gasteiger partial charge in [-0.25, -0.2) is 0 Å². The topological polar surface area (TPSA) is 29.9 Å². The highest BCUT2D eigenvalue weighted by Gasteiger charge is 2.21. The molecule has 0 spiro atoms. The van der Waals surface area contributed by atoms with Crippen LogP contribution in [0.1, 0.15) is 24.2 Å². The van der Waals surface area contributed by atoms with Gasteiger partial charge in [0.2, 0.25) is 0 Å². The molecule has 0 fully saturated rings. The minimum Gasteiger partial charge on any atom is -0.305 e. The van der Waals surface area contributed by atoms with Crippen LogP contribution in [-0.2, 0) is 7.05 Å². The summed E-state index contributed by atoms with van der Waals surface area (Å²) >= 11 is 6.35. The molecule has 1 atom stereocenters. The Morgan fingerprint density at radius 3 is 2.67 bits per heavy atom. The minimum atomic E-state index is 0.0288. The lowest BCUT2D eigenvalue weighted by Crippen LogP contribution is -2.24. The first-order valence-electron chi connectivity index (χ1n) is 7.10. The van der Waals surface area contributed by atoms with Crippen molar-refractivity contribution in [3.05, 3.63) is 64.9 Å². The monoisotopic (exact) mass is 299 g/mol. The van der Waals surface area contributed by atoms with Crippen molar-refractivity contribution in [2.45, 2.75) is 13.0 Å². The maximum atomic E-state index is 6.35. The van der Waals surface area contributed by atoms with Gasteiger partial charge in [-0.15, -0.1) is 0 Å². The summed E-state index contributed by atoms with van der Waals surface area (Å²) in [6.45, 7) is 2.96. The maximum Gasteiger partial charge on any atom is 0.0837 e. The maximum absolute atomic E-state index is 6.35. The summed E-state index contributed by atoms with van der Waals surface area (Å²) in [5, 5.41) is 11.0. The molecule has 0 saturated heterocycles. The Kier molecular flexibility index (Phi) is 3.95. The summed E-state index contributed by atoms with van der Waals surface area (Å²) in [7, 11) is 1.93. The number of benzene rings is 2. The summed E-state index contributed by atoms with van der Waals surface area (Å²) in [5.74, 6) is 0. The highest BCUT2D eigenvalue weighted by atomic mass is 35.5. The van der Waals surface area contributed by atoms with Crippen molar-refractivity contribution in [2.24, 2.45) is 7.05 Å². The van der Waals surface area contributed by atoms with Gasteiger partial charge in [-0.05, 0) is 22.9 Å². The van der Waals surface area contributed by atoms with E-state index in [1.807, 2.05) is 11.7 Å². The van der Waals surface area contributed by atoms with E-state index in [1.54, 1.807) is 6.20 Å². The molecule has 0 amide bonds. The zero-order valence-electron chi connectivity index (χ0n) is 12.2. The Morgan fingerprint density at radius 2 is 1.95 bits per heavy atom. The van der Waals surface area contributed by atoms with Gasteiger partial charge in [0.1, 0.15) is 0 Å². The third kappa shape index (κ3) is 2.55. The first-order chi connectivity index (χ1) is 10.2. The number of nitrogens with one attached hydrogen (secondary N) is 1. The van der Waals surface area contributed by atoms with Gasteiger partial charge in [0.05, 0.1) is 23.0 Å². The number of fused-ring (bicyclic) bond motifs is 1. The fourth-order valence-corrected chi connectivity index (χ4v) is 3.08. The van der Waals surface area contributed by atoms with Crippen LogP contribution in [0.2, 0.25) is 5.02 Å². The number of rotatable bonds is 4. The van der Waals surface area contributed by atoms with E-state index in [0.717, 1.165) is 12.2 Å². The van der Waals surface area contributed by atoms with Gasteiger partial charge in [-0.1, -0.05) is 61.0 Å². The summed E-state index contributed by atoms with van der Waals surface area (Å²) in [6, 6.07) is 14.8. The van der Waals surface area contributed by atoms with E-state index in [0.29, 0.717) is 5.02 Å². The van der Waals surface area contributed by atoms with Crippen LogP contribution >= 0.6 is 11.6 Å². The summed E-state index contributed by atoms with van der Waals surface area (Å²) < 4.78 is 1.84. The number of hydrogen-bond acceptors (Lipinski definition) is 2. The van der Waals surface area contributed by atoms with Gasteiger partial charge < -0.3 is 5.32 Å². The predicted octanol–water partition coefficient (Wildman–Crippen LogP) is 3.93. The quantitative estimate of drug-likeness (QED) is 0.791. The van der Waals surface area contributed by atoms with E-state index < -0.39 is 0 Å². The van der Waals surface area contributed by atoms with E-state index in [-0.39, 0.29) is 6.04 Å². The molecule has 0 aliphatic carbocycles. The molecule has 21 heavy (non-hydrogen) atoms. The molecule has 2 aromatic carbocycles. The normalized spacial score (nSPS) is 12.7. The number of nitrogens with zero attached hydrogens (tertiary/aromatic N) is 2. The molecule has 3 nitrogen and oxygen atoms in total. The summed E-state index contributed by atoms with van der Waals surface area (Å²) in [4.78, 5) is 0. The number of aryl methyl sites for hydroxylation is 1. The molecule has 3 rings (SSSR count). The van der Waals surface area contributed by atoms with Gasteiger partial charge in [-0.2, -0.15) is 5.10 Å². The average Bonchev–Trinajstić information content (AvgIpc) is 2.84. The van der Waals surface area contributed by atoms with Crippen LogP contribution in [0.4, 0.5) is 0 Å². The lowest BCUT2D eigenvalue weighted by Gasteiger charge is -2.21. The van der Waals surface area contributed by atoms with Crippen LogP contribution in [0, 0.1) is 0 Å². The highest BCUT2D eigenvalue weighted by Crippen LogP contribution is 2.32. The van der Waals surface area contributed by atoms with Crippen LogP contribution < -0.4 is 5.32 Å². The lowest BCUT2D eigenvalue weighted by molar-refractivity contribution is 0.575. The van der Waals surface area contributed by atoms with Crippen LogP contribution in [-0.4, -0.2) is 16.3 Å². The first kappa shape index (κ1) is 14.1. The van der Waals surface area contributed by atoms with E-state index in [9.17, 15) is 0 Å². The molecular formula is C17H18ClN3. The molecule has 1 heterocycles. The predicted molar refractivity (Wildman–Crippen MR) is 87.7 cm³/mol. The third-order valence-corrected chi connectivity index (χ3v) is 4.04. The Labute approximate surface area is 129 Å². The van der Waals surface area contributed by atoms with Crippen molar-refractivity contribution in [1.29, 1.82) is 0 Å². The molecule has 1 unspecified atom stereocenters. The second-order valence-electron chi connectivity index (χ2n) is 5.06. The molecule has 0 aliphatic rings. The second kappa shape index (κ2) is 5.88. The van der Waals surface area contributed by atoms with E-state index >= 15 is 0 Å². The molecular weight excluding hydrogens is 282 g/mol. The van der Waals surface area contributed by atoms with Gasteiger partial charge in [-0.3, -0.25) is 4.68 Å². The molecule has 0 bridgehead atoms. The molecule has 0 saturated carbocycles. The standard InChI is InChI=1S/C17H18ClN3/c1-3-19-16(17-15(18)11-20-21(17)2)14-10-6-8-12-7-4-5-9-13(12)14/h4-11,16,19H,3H2,1-2H3. The van der Waals surface area contributed by atoms with Crippen molar-refractivity contribution in [3.8, 4) is 0 Å². The number of aromatic nitrogens is 2. The van der Waals surface area contributed by atoms with Crippen molar-refractivity contribution in [1.82, 2.24) is 15.1 Å². The second-order valence-corrected chi connectivity index (χ2v) is 5.47. The fraction of sp³-hybridized carbons (Fsp3) is 0.235.